The quantitative estimate of drug-likeness (QED) is 0.577. The highest BCUT2D eigenvalue weighted by Gasteiger charge is 2.44. The lowest BCUT2D eigenvalue weighted by Crippen LogP contribution is -2.48. The van der Waals surface area contributed by atoms with E-state index in [0.29, 0.717) is 18.9 Å². The average Bonchev–Trinajstić information content (AvgIpc) is 3.29. The van der Waals surface area contributed by atoms with Crippen LogP contribution in [0.4, 0.5) is 10.1 Å². The molecule has 186 valence electrons. The number of carbonyl (C=O) groups excluding carboxylic acids is 2. The number of carboxylic acid groups (broad SMARTS) is 1. The average molecular weight is 482 g/mol. The van der Waals surface area contributed by atoms with E-state index in [1.165, 1.54) is 6.07 Å². The molecular weight excluding hydrogens is 449 g/mol. The third kappa shape index (κ3) is 5.37. The molecule has 2 aromatic rings. The van der Waals surface area contributed by atoms with Crippen molar-refractivity contribution in [2.75, 3.05) is 11.9 Å². The van der Waals surface area contributed by atoms with Crippen LogP contribution in [0.1, 0.15) is 60.9 Å². The molecule has 4 rings (SSSR count). The summed E-state index contributed by atoms with van der Waals surface area (Å²) in [6, 6.07) is 12.5. The molecule has 1 aliphatic heterocycles. The molecule has 1 heterocycles. The second-order valence-electron chi connectivity index (χ2n) is 9.74. The number of aromatic carboxylic acids is 1. The molecule has 0 spiro atoms. The van der Waals surface area contributed by atoms with Crippen molar-refractivity contribution in [3.8, 4) is 0 Å². The van der Waals surface area contributed by atoms with Crippen molar-refractivity contribution in [1.82, 2.24) is 4.90 Å². The Morgan fingerprint density at radius 2 is 1.74 bits per heavy atom. The number of nitrogens with one attached hydrogen (secondary N) is 1. The van der Waals surface area contributed by atoms with E-state index >= 15 is 0 Å². The van der Waals surface area contributed by atoms with E-state index in [-0.39, 0.29) is 29.5 Å². The van der Waals surface area contributed by atoms with Crippen LogP contribution in [0.25, 0.3) is 0 Å². The van der Waals surface area contributed by atoms with Crippen LogP contribution in [0.5, 0.6) is 0 Å². The molecule has 2 amide bonds. The Hall–Kier alpha value is -3.26. The highest BCUT2D eigenvalue weighted by molar-refractivity contribution is 5.99. The minimum atomic E-state index is -1.38. The Morgan fingerprint density at radius 3 is 2.34 bits per heavy atom. The molecule has 1 saturated carbocycles. The third-order valence-corrected chi connectivity index (χ3v) is 7.51. The predicted octanol–water partition coefficient (Wildman–Crippen LogP) is 4.00. The second kappa shape index (κ2) is 10.6. The molecule has 0 radical (unpaired) electrons. The lowest BCUT2D eigenvalue weighted by atomic mass is 9.78. The fourth-order valence-corrected chi connectivity index (χ4v) is 5.52. The topological polar surface area (TPSA) is 113 Å². The zero-order chi connectivity index (χ0) is 25.1. The summed E-state index contributed by atoms with van der Waals surface area (Å²) in [5.74, 6) is -2.64. The largest absolute Gasteiger partial charge is 0.478 e. The van der Waals surface area contributed by atoms with Crippen LogP contribution in [0.2, 0.25) is 0 Å². The van der Waals surface area contributed by atoms with Crippen LogP contribution in [-0.2, 0) is 9.59 Å². The van der Waals surface area contributed by atoms with Crippen molar-refractivity contribution in [1.29, 1.82) is 0 Å². The van der Waals surface area contributed by atoms with Gasteiger partial charge in [0.2, 0.25) is 11.8 Å². The van der Waals surface area contributed by atoms with Crippen LogP contribution in [-0.4, -0.2) is 46.4 Å². The molecule has 1 saturated heterocycles. The maximum atomic E-state index is 14.2. The smallest absolute Gasteiger partial charge is 0.338 e. The number of likely N-dealkylation sites (tertiary alicyclic amines) is 1. The maximum absolute atomic E-state index is 14.2. The third-order valence-electron chi connectivity index (χ3n) is 7.51. The van der Waals surface area contributed by atoms with Crippen LogP contribution in [0.15, 0.2) is 48.5 Å². The SMILES string of the molecule is CC(N)[C@H]1CC[C@H](C(=O)N2CC[C@@H](c3ccccc3)[C@H]2C(=O)Nc2ccc(C(=O)O)c(F)c2)CC1. The molecule has 2 fully saturated rings. The summed E-state index contributed by atoms with van der Waals surface area (Å²) in [6.45, 7) is 2.47. The number of amides is 2. The Bertz CT molecular complexity index is 1080. The molecule has 35 heavy (non-hydrogen) atoms. The van der Waals surface area contributed by atoms with E-state index in [0.717, 1.165) is 43.4 Å². The number of anilines is 1. The lowest BCUT2D eigenvalue weighted by molar-refractivity contribution is -0.141. The van der Waals surface area contributed by atoms with Crippen molar-refractivity contribution < 1.29 is 23.9 Å². The molecule has 1 aliphatic carbocycles. The summed E-state index contributed by atoms with van der Waals surface area (Å²) in [5.41, 5.74) is 6.71. The van der Waals surface area contributed by atoms with Crippen LogP contribution >= 0.6 is 0 Å². The van der Waals surface area contributed by atoms with Gasteiger partial charge in [-0.2, -0.15) is 0 Å². The summed E-state index contributed by atoms with van der Waals surface area (Å²) in [6.07, 6.45) is 3.96. The number of benzene rings is 2. The van der Waals surface area contributed by atoms with E-state index < -0.39 is 29.3 Å². The van der Waals surface area contributed by atoms with Crippen LogP contribution < -0.4 is 11.1 Å². The van der Waals surface area contributed by atoms with E-state index in [4.69, 9.17) is 10.8 Å². The van der Waals surface area contributed by atoms with Crippen LogP contribution in [0, 0.1) is 17.7 Å². The molecule has 1 unspecified atom stereocenters. The van der Waals surface area contributed by atoms with Gasteiger partial charge in [-0.05, 0) is 68.7 Å². The number of rotatable bonds is 6. The van der Waals surface area contributed by atoms with Gasteiger partial charge in [0.25, 0.3) is 0 Å². The molecule has 4 N–H and O–H groups in total. The van der Waals surface area contributed by atoms with Gasteiger partial charge in [0.15, 0.2) is 0 Å². The highest BCUT2D eigenvalue weighted by atomic mass is 19.1. The second-order valence-corrected chi connectivity index (χ2v) is 9.74. The Balaban J connectivity index is 1.56. The Labute approximate surface area is 204 Å². The molecule has 2 aromatic carbocycles. The number of halogens is 1. The first-order valence-corrected chi connectivity index (χ1v) is 12.2. The molecule has 3 atom stereocenters. The van der Waals surface area contributed by atoms with Crippen molar-refractivity contribution >= 4 is 23.5 Å². The standard InChI is InChI=1S/C27H32FN3O4/c1-16(29)17-7-9-19(10-8-17)26(33)31-14-13-21(18-5-3-2-4-6-18)24(31)25(32)30-20-11-12-22(27(34)35)23(28)15-20/h2-6,11-12,15-17,19,21,24H,7-10,13-14,29H2,1H3,(H,30,32)(H,34,35)/t16?,17-,19-,21-,24-/m0/s1. The molecule has 0 bridgehead atoms. The summed E-state index contributed by atoms with van der Waals surface area (Å²) >= 11 is 0. The zero-order valence-electron chi connectivity index (χ0n) is 19.8. The summed E-state index contributed by atoms with van der Waals surface area (Å²) in [4.78, 5) is 39.9. The van der Waals surface area contributed by atoms with Crippen molar-refractivity contribution in [2.45, 2.75) is 57.0 Å². The first-order valence-electron chi connectivity index (χ1n) is 12.2. The first-order chi connectivity index (χ1) is 16.8. The van der Waals surface area contributed by atoms with E-state index in [2.05, 4.69) is 5.32 Å². The van der Waals surface area contributed by atoms with Crippen molar-refractivity contribution in [3.05, 3.63) is 65.5 Å². The molecule has 2 aliphatic rings. The summed E-state index contributed by atoms with van der Waals surface area (Å²) < 4.78 is 14.2. The summed E-state index contributed by atoms with van der Waals surface area (Å²) in [5, 5.41) is 11.8. The van der Waals surface area contributed by atoms with Gasteiger partial charge in [-0.3, -0.25) is 9.59 Å². The maximum Gasteiger partial charge on any atom is 0.338 e. The fraction of sp³-hybridized carbons (Fsp3) is 0.444. The van der Waals surface area contributed by atoms with Crippen molar-refractivity contribution in [2.24, 2.45) is 17.6 Å². The van der Waals surface area contributed by atoms with E-state index in [1.54, 1.807) is 4.90 Å². The van der Waals surface area contributed by atoms with E-state index in [1.807, 2.05) is 37.3 Å². The van der Waals surface area contributed by atoms with Crippen molar-refractivity contribution in [3.63, 3.8) is 0 Å². The van der Waals surface area contributed by atoms with Gasteiger partial charge in [-0.25, -0.2) is 9.18 Å². The number of nitrogens with zero attached hydrogens (tertiary/aromatic N) is 1. The molecular formula is C27H32FN3O4. The monoisotopic (exact) mass is 481 g/mol. The van der Waals surface area contributed by atoms with Gasteiger partial charge < -0.3 is 21.1 Å². The van der Waals surface area contributed by atoms with Gasteiger partial charge in [-0.15, -0.1) is 0 Å². The molecule has 0 aromatic heterocycles. The lowest BCUT2D eigenvalue weighted by Gasteiger charge is -2.34. The Morgan fingerprint density at radius 1 is 1.06 bits per heavy atom. The van der Waals surface area contributed by atoms with Gasteiger partial charge in [0.05, 0.1) is 5.56 Å². The van der Waals surface area contributed by atoms with Crippen LogP contribution in [0.3, 0.4) is 0 Å². The normalized spacial score (nSPS) is 25.2. The number of hydrogen-bond acceptors (Lipinski definition) is 4. The first kappa shape index (κ1) is 24.9. The predicted molar refractivity (Wildman–Crippen MR) is 130 cm³/mol. The Kier molecular flexibility index (Phi) is 7.50. The minimum Gasteiger partial charge on any atom is -0.478 e. The number of carbonyl (C=O) groups is 3. The number of carboxylic acids is 1. The zero-order valence-corrected chi connectivity index (χ0v) is 19.8. The fourth-order valence-electron chi connectivity index (χ4n) is 5.52. The number of hydrogen-bond donors (Lipinski definition) is 3. The number of nitrogens with two attached hydrogens (primary N) is 1. The minimum absolute atomic E-state index is 0.0147. The highest BCUT2D eigenvalue weighted by Crippen LogP contribution is 2.38. The molecule has 7 nitrogen and oxygen atoms in total. The van der Waals surface area contributed by atoms with Gasteiger partial charge in [-0.1, -0.05) is 30.3 Å². The van der Waals surface area contributed by atoms with Gasteiger partial charge in [0, 0.05) is 30.1 Å². The van der Waals surface area contributed by atoms with E-state index in [9.17, 15) is 18.8 Å². The summed E-state index contributed by atoms with van der Waals surface area (Å²) in [7, 11) is 0. The van der Waals surface area contributed by atoms with Gasteiger partial charge in [0.1, 0.15) is 11.9 Å². The molecule has 8 heteroatoms. The van der Waals surface area contributed by atoms with Gasteiger partial charge >= 0.3 is 5.97 Å².